The highest BCUT2D eigenvalue weighted by molar-refractivity contribution is 6.42. The summed E-state index contributed by atoms with van der Waals surface area (Å²) in [5.74, 6) is -0.227. The molecule has 0 atom stereocenters. The fourth-order valence-electron chi connectivity index (χ4n) is 1.83. The van der Waals surface area contributed by atoms with Gasteiger partial charge < -0.3 is 4.90 Å². The molecule has 4 nitrogen and oxygen atoms in total. The first kappa shape index (κ1) is 16.3. The highest BCUT2D eigenvalue weighted by Gasteiger charge is 2.20. The summed E-state index contributed by atoms with van der Waals surface area (Å²) in [7, 11) is 3.90. The Hall–Kier alpha value is -1.07. The van der Waals surface area contributed by atoms with Crippen molar-refractivity contribution >= 4 is 40.6 Å². The quantitative estimate of drug-likeness (QED) is 0.776. The van der Waals surface area contributed by atoms with Crippen molar-refractivity contribution in [1.29, 1.82) is 0 Å². The second-order valence-electron chi connectivity index (χ2n) is 4.83. The molecule has 112 valence electrons. The zero-order chi connectivity index (χ0) is 15.6. The second kappa shape index (κ2) is 6.79. The number of likely N-dealkylation sites (N-methyl/N-ethyl adjacent to an activating group) is 1. The molecule has 0 radical (unpaired) electrons. The van der Waals surface area contributed by atoms with Gasteiger partial charge in [0.05, 0.1) is 27.8 Å². The number of benzene rings is 1. The summed E-state index contributed by atoms with van der Waals surface area (Å²) >= 11 is 17.9. The van der Waals surface area contributed by atoms with Crippen LogP contribution >= 0.6 is 34.8 Å². The average Bonchev–Trinajstić information content (AvgIpc) is 2.80. The van der Waals surface area contributed by atoms with Crippen LogP contribution in [0.25, 0.3) is 0 Å². The van der Waals surface area contributed by atoms with Gasteiger partial charge in [0, 0.05) is 12.1 Å². The molecular weight excluding hydrogens is 333 g/mol. The monoisotopic (exact) mass is 345 g/mol. The number of nitrogens with zero attached hydrogens (tertiary/aromatic N) is 3. The van der Waals surface area contributed by atoms with E-state index in [1.807, 2.05) is 19.0 Å². The third kappa shape index (κ3) is 3.77. The third-order valence-electron chi connectivity index (χ3n) is 2.95. The maximum absolute atomic E-state index is 12.6. The summed E-state index contributed by atoms with van der Waals surface area (Å²) in [6.07, 6.45) is 1.47. The molecule has 2 rings (SSSR count). The van der Waals surface area contributed by atoms with Gasteiger partial charge in [-0.15, -0.1) is 0 Å². The smallest absolute Gasteiger partial charge is 0.212 e. The molecule has 0 saturated heterocycles. The Balaban J connectivity index is 2.34. The van der Waals surface area contributed by atoms with Crippen molar-refractivity contribution in [3.63, 3.8) is 0 Å². The van der Waals surface area contributed by atoms with E-state index < -0.39 is 0 Å². The summed E-state index contributed by atoms with van der Waals surface area (Å²) < 4.78 is 1.60. The standard InChI is InChI=1S/C14H14Cl3N3O/c1-19(2)5-6-20-13(12(17)8-18-20)14(21)9-3-4-10(15)11(16)7-9/h3-4,7-8H,5-6H2,1-2H3. The van der Waals surface area contributed by atoms with E-state index in [0.29, 0.717) is 32.9 Å². The first-order valence-corrected chi connectivity index (χ1v) is 7.39. The average molecular weight is 347 g/mol. The zero-order valence-corrected chi connectivity index (χ0v) is 13.9. The molecule has 0 unspecified atom stereocenters. The van der Waals surface area contributed by atoms with Gasteiger partial charge in [-0.25, -0.2) is 0 Å². The molecule has 0 bridgehead atoms. The number of halogens is 3. The van der Waals surface area contributed by atoms with Crippen LogP contribution in [-0.4, -0.2) is 41.1 Å². The molecule has 0 saturated carbocycles. The Bertz CT molecular complexity index is 667. The van der Waals surface area contributed by atoms with E-state index in [1.54, 1.807) is 16.8 Å². The molecule has 0 amide bonds. The highest BCUT2D eigenvalue weighted by atomic mass is 35.5. The van der Waals surface area contributed by atoms with Crippen molar-refractivity contribution in [1.82, 2.24) is 14.7 Å². The van der Waals surface area contributed by atoms with Crippen LogP contribution in [0, 0.1) is 0 Å². The van der Waals surface area contributed by atoms with Gasteiger partial charge in [-0.3, -0.25) is 9.48 Å². The number of carbonyl (C=O) groups excluding carboxylic acids is 1. The molecule has 0 aliphatic carbocycles. The van der Waals surface area contributed by atoms with Crippen LogP contribution in [0.3, 0.4) is 0 Å². The van der Waals surface area contributed by atoms with E-state index in [-0.39, 0.29) is 5.78 Å². The fraction of sp³-hybridized carbons (Fsp3) is 0.286. The molecule has 0 fully saturated rings. The van der Waals surface area contributed by atoms with Gasteiger partial charge in [-0.2, -0.15) is 5.10 Å². The summed E-state index contributed by atoms with van der Waals surface area (Å²) in [6, 6.07) is 4.74. The summed E-state index contributed by atoms with van der Waals surface area (Å²) in [4.78, 5) is 14.6. The van der Waals surface area contributed by atoms with Crippen molar-refractivity contribution in [2.75, 3.05) is 20.6 Å². The van der Waals surface area contributed by atoms with Crippen LogP contribution in [0.1, 0.15) is 16.1 Å². The molecule has 7 heteroatoms. The predicted octanol–water partition coefficient (Wildman–Crippen LogP) is 3.64. The van der Waals surface area contributed by atoms with Crippen molar-refractivity contribution < 1.29 is 4.79 Å². The molecule has 0 N–H and O–H groups in total. The lowest BCUT2D eigenvalue weighted by Gasteiger charge is -2.12. The molecule has 0 spiro atoms. The lowest BCUT2D eigenvalue weighted by molar-refractivity contribution is 0.102. The van der Waals surface area contributed by atoms with Crippen LogP contribution in [0.15, 0.2) is 24.4 Å². The van der Waals surface area contributed by atoms with Gasteiger partial charge in [0.1, 0.15) is 5.69 Å². The van der Waals surface area contributed by atoms with Crippen LogP contribution in [0.2, 0.25) is 15.1 Å². The minimum atomic E-state index is -0.227. The Morgan fingerprint density at radius 3 is 2.52 bits per heavy atom. The molecule has 1 heterocycles. The number of aromatic nitrogens is 2. The van der Waals surface area contributed by atoms with Gasteiger partial charge in [0.2, 0.25) is 5.78 Å². The molecule has 21 heavy (non-hydrogen) atoms. The molecule has 1 aromatic heterocycles. The first-order chi connectivity index (χ1) is 9.90. The third-order valence-corrected chi connectivity index (χ3v) is 3.97. The Morgan fingerprint density at radius 2 is 1.90 bits per heavy atom. The van der Waals surface area contributed by atoms with Crippen molar-refractivity contribution in [2.45, 2.75) is 6.54 Å². The lowest BCUT2D eigenvalue weighted by atomic mass is 10.1. The summed E-state index contributed by atoms with van der Waals surface area (Å²) in [5, 5.41) is 5.21. The number of carbonyl (C=O) groups is 1. The SMILES string of the molecule is CN(C)CCn1ncc(Cl)c1C(=O)c1ccc(Cl)c(Cl)c1. The van der Waals surface area contributed by atoms with Crippen molar-refractivity contribution in [2.24, 2.45) is 0 Å². The van der Waals surface area contributed by atoms with E-state index in [0.717, 1.165) is 6.54 Å². The number of rotatable bonds is 5. The topological polar surface area (TPSA) is 38.1 Å². The van der Waals surface area contributed by atoms with Gasteiger partial charge in [-0.1, -0.05) is 34.8 Å². The van der Waals surface area contributed by atoms with Gasteiger partial charge >= 0.3 is 0 Å². The van der Waals surface area contributed by atoms with Crippen LogP contribution < -0.4 is 0 Å². The normalized spacial score (nSPS) is 11.1. The highest BCUT2D eigenvalue weighted by Crippen LogP contribution is 2.25. The Labute approximate surface area is 138 Å². The minimum Gasteiger partial charge on any atom is -0.308 e. The van der Waals surface area contributed by atoms with E-state index in [2.05, 4.69) is 5.10 Å². The van der Waals surface area contributed by atoms with Crippen LogP contribution in [0.4, 0.5) is 0 Å². The molecule has 1 aromatic carbocycles. The number of hydrogen-bond acceptors (Lipinski definition) is 3. The second-order valence-corrected chi connectivity index (χ2v) is 6.05. The maximum atomic E-state index is 12.6. The van der Waals surface area contributed by atoms with Crippen LogP contribution in [0.5, 0.6) is 0 Å². The zero-order valence-electron chi connectivity index (χ0n) is 11.6. The number of hydrogen-bond donors (Lipinski definition) is 0. The molecule has 0 aliphatic rings. The van der Waals surface area contributed by atoms with E-state index >= 15 is 0 Å². The van der Waals surface area contributed by atoms with E-state index in [4.69, 9.17) is 34.8 Å². The van der Waals surface area contributed by atoms with E-state index in [1.165, 1.54) is 12.3 Å². The molecule has 2 aromatic rings. The largest absolute Gasteiger partial charge is 0.308 e. The molecular formula is C14H14Cl3N3O. The molecule has 0 aliphatic heterocycles. The van der Waals surface area contributed by atoms with Crippen LogP contribution in [-0.2, 0) is 6.54 Å². The Kier molecular flexibility index (Phi) is 5.27. The van der Waals surface area contributed by atoms with Crippen molar-refractivity contribution in [3.05, 3.63) is 50.7 Å². The fourth-order valence-corrected chi connectivity index (χ4v) is 2.35. The summed E-state index contributed by atoms with van der Waals surface area (Å²) in [6.45, 7) is 1.32. The lowest BCUT2D eigenvalue weighted by Crippen LogP contribution is -2.21. The van der Waals surface area contributed by atoms with E-state index in [9.17, 15) is 4.79 Å². The Morgan fingerprint density at radius 1 is 1.19 bits per heavy atom. The number of ketones is 1. The first-order valence-electron chi connectivity index (χ1n) is 6.26. The van der Waals surface area contributed by atoms with Gasteiger partial charge in [0.15, 0.2) is 0 Å². The maximum Gasteiger partial charge on any atom is 0.212 e. The van der Waals surface area contributed by atoms with Gasteiger partial charge in [0.25, 0.3) is 0 Å². The van der Waals surface area contributed by atoms with Crippen molar-refractivity contribution in [3.8, 4) is 0 Å². The predicted molar refractivity (Wildman–Crippen MR) is 85.7 cm³/mol. The summed E-state index contributed by atoms with van der Waals surface area (Å²) in [5.41, 5.74) is 0.787. The van der Waals surface area contributed by atoms with Gasteiger partial charge in [-0.05, 0) is 32.3 Å². The minimum absolute atomic E-state index is 0.227.